The number of benzene rings is 2. The first-order valence-corrected chi connectivity index (χ1v) is 7.68. The maximum Gasteiger partial charge on any atom is 0.166 e. The highest BCUT2D eigenvalue weighted by atomic mass is 19.1. The second-order valence-electron chi connectivity index (χ2n) is 5.29. The molecule has 0 aromatic heterocycles. The first-order valence-electron chi connectivity index (χ1n) is 7.68. The minimum atomic E-state index is -0.299. The van der Waals surface area contributed by atoms with E-state index in [0.29, 0.717) is 25.1 Å². The van der Waals surface area contributed by atoms with Crippen molar-refractivity contribution in [3.63, 3.8) is 0 Å². The molecule has 2 aromatic rings. The average molecular weight is 341 g/mol. The number of nitrogens with two attached hydrogens (primary N) is 1. The van der Waals surface area contributed by atoms with Gasteiger partial charge < -0.3 is 15.8 Å². The topological polar surface area (TPSA) is 76.7 Å². The van der Waals surface area contributed by atoms with Gasteiger partial charge in [-0.1, -0.05) is 24.3 Å². The lowest BCUT2D eigenvalue weighted by Gasteiger charge is -2.07. The number of hydrogen-bond donors (Lipinski definition) is 2. The molecule has 0 aliphatic rings. The summed E-state index contributed by atoms with van der Waals surface area (Å²) in [5.41, 5.74) is 7.97. The molecule has 0 saturated carbocycles. The van der Waals surface area contributed by atoms with Crippen LogP contribution < -0.4 is 15.8 Å². The molecule has 0 saturated heterocycles. The molecule has 25 heavy (non-hydrogen) atoms. The van der Waals surface area contributed by atoms with Crippen LogP contribution in [0.25, 0.3) is 0 Å². The molecule has 2 aromatic carbocycles. The van der Waals surface area contributed by atoms with E-state index in [9.17, 15) is 9.18 Å². The Labute approximate surface area is 146 Å². The molecule has 0 atom stereocenters. The van der Waals surface area contributed by atoms with E-state index >= 15 is 0 Å². The van der Waals surface area contributed by atoms with Gasteiger partial charge in [-0.15, -0.1) is 0 Å². The lowest BCUT2D eigenvalue weighted by atomic mass is 10.2. The fourth-order valence-electron chi connectivity index (χ4n) is 2.05. The number of rotatable bonds is 8. The Hall–Kier alpha value is -3.15. The molecule has 0 fully saturated rings. The third kappa shape index (κ3) is 6.10. The Balaban J connectivity index is 1.93. The Kier molecular flexibility index (Phi) is 6.71. The zero-order chi connectivity index (χ0) is 18.1. The first kappa shape index (κ1) is 18.2. The normalized spacial score (nSPS) is 11.9. The molecule has 3 N–H and O–H groups in total. The summed E-state index contributed by atoms with van der Waals surface area (Å²) in [6, 6.07) is 13.5. The maximum atomic E-state index is 12.8. The number of nitrogens with zero attached hydrogens (tertiary/aromatic N) is 1. The van der Waals surface area contributed by atoms with Crippen LogP contribution in [0.15, 0.2) is 65.3 Å². The predicted molar refractivity (Wildman–Crippen MR) is 95.7 cm³/mol. The number of methoxy groups -OCH3 is 1. The molecule has 0 heterocycles. The van der Waals surface area contributed by atoms with Crippen molar-refractivity contribution in [2.24, 2.45) is 10.7 Å². The van der Waals surface area contributed by atoms with Gasteiger partial charge in [-0.25, -0.2) is 4.39 Å². The monoisotopic (exact) mass is 341 g/mol. The van der Waals surface area contributed by atoms with Crippen LogP contribution in [0.2, 0.25) is 0 Å². The summed E-state index contributed by atoms with van der Waals surface area (Å²) in [7, 11) is 1.61. The van der Waals surface area contributed by atoms with Crippen molar-refractivity contribution in [2.75, 3.05) is 7.11 Å². The van der Waals surface area contributed by atoms with Gasteiger partial charge in [0.05, 0.1) is 19.4 Å². The molecule has 0 aliphatic heterocycles. The van der Waals surface area contributed by atoms with Crippen LogP contribution in [0.4, 0.5) is 4.39 Å². The fourth-order valence-corrected chi connectivity index (χ4v) is 2.05. The zero-order valence-corrected chi connectivity index (χ0v) is 13.9. The van der Waals surface area contributed by atoms with Crippen LogP contribution in [0.1, 0.15) is 11.1 Å². The number of carbonyl (C=O) groups excluding carboxylic acids is 1. The molecular formula is C19H20FN3O2. The van der Waals surface area contributed by atoms with E-state index in [1.54, 1.807) is 19.2 Å². The average Bonchev–Trinajstić information content (AvgIpc) is 2.65. The predicted octanol–water partition coefficient (Wildman–Crippen LogP) is 2.56. The van der Waals surface area contributed by atoms with Gasteiger partial charge in [0.1, 0.15) is 17.4 Å². The number of ether oxygens (including phenoxy) is 1. The number of halogens is 1. The van der Waals surface area contributed by atoms with E-state index in [1.807, 2.05) is 24.3 Å². The van der Waals surface area contributed by atoms with E-state index in [2.05, 4.69) is 10.3 Å². The first-order chi connectivity index (χ1) is 12.1. The van der Waals surface area contributed by atoms with Gasteiger partial charge in [0, 0.05) is 12.6 Å². The van der Waals surface area contributed by atoms with E-state index in [4.69, 9.17) is 10.5 Å². The van der Waals surface area contributed by atoms with Crippen LogP contribution in [0.5, 0.6) is 5.75 Å². The number of amidine groups is 1. The summed E-state index contributed by atoms with van der Waals surface area (Å²) < 4.78 is 17.9. The van der Waals surface area contributed by atoms with Crippen molar-refractivity contribution in [1.29, 1.82) is 0 Å². The Morgan fingerprint density at radius 3 is 2.40 bits per heavy atom. The van der Waals surface area contributed by atoms with Gasteiger partial charge in [0.25, 0.3) is 0 Å². The molecule has 2 rings (SSSR count). The second-order valence-corrected chi connectivity index (χ2v) is 5.29. The Bertz CT molecular complexity index is 753. The van der Waals surface area contributed by atoms with E-state index in [-0.39, 0.29) is 11.7 Å². The summed E-state index contributed by atoms with van der Waals surface area (Å²) in [6.07, 6.45) is 2.16. The van der Waals surface area contributed by atoms with Gasteiger partial charge in [-0.3, -0.25) is 9.79 Å². The van der Waals surface area contributed by atoms with Crippen LogP contribution in [-0.2, 0) is 17.9 Å². The van der Waals surface area contributed by atoms with Gasteiger partial charge in [0.15, 0.2) is 6.29 Å². The second kappa shape index (κ2) is 9.22. The third-order valence-electron chi connectivity index (χ3n) is 3.44. The van der Waals surface area contributed by atoms with Crippen molar-refractivity contribution in [1.82, 2.24) is 5.32 Å². The standard InChI is InChI=1S/C19H20FN3O2/c1-25-18-8-4-15(5-9-18)11-22-17(13-24)10-19(21)23-12-14-2-6-16(20)7-3-14/h2-10,13,22H,11-12H2,1H3,(H2,21,23)/b17-10-. The van der Waals surface area contributed by atoms with Crippen LogP contribution in [0.3, 0.4) is 0 Å². The van der Waals surface area contributed by atoms with Gasteiger partial charge in [0.2, 0.25) is 0 Å². The van der Waals surface area contributed by atoms with Crippen LogP contribution in [-0.4, -0.2) is 19.2 Å². The van der Waals surface area contributed by atoms with Crippen molar-refractivity contribution in [3.8, 4) is 5.75 Å². The van der Waals surface area contributed by atoms with Crippen molar-refractivity contribution < 1.29 is 13.9 Å². The molecule has 0 aliphatic carbocycles. The van der Waals surface area contributed by atoms with Gasteiger partial charge in [-0.05, 0) is 35.4 Å². The third-order valence-corrected chi connectivity index (χ3v) is 3.44. The number of aldehydes is 1. The molecule has 0 unspecified atom stereocenters. The number of hydrogen-bond acceptors (Lipinski definition) is 4. The summed E-state index contributed by atoms with van der Waals surface area (Å²) in [5, 5.41) is 3.00. The Morgan fingerprint density at radius 2 is 1.80 bits per heavy atom. The smallest absolute Gasteiger partial charge is 0.166 e. The van der Waals surface area contributed by atoms with Crippen molar-refractivity contribution >= 4 is 12.1 Å². The summed E-state index contributed by atoms with van der Waals surface area (Å²) >= 11 is 0. The van der Waals surface area contributed by atoms with Gasteiger partial charge in [-0.2, -0.15) is 0 Å². The number of carbonyl (C=O) groups is 1. The van der Waals surface area contributed by atoms with Crippen LogP contribution in [0, 0.1) is 5.82 Å². The summed E-state index contributed by atoms with van der Waals surface area (Å²) in [5.74, 6) is 0.687. The molecule has 0 bridgehead atoms. The Morgan fingerprint density at radius 1 is 1.16 bits per heavy atom. The molecule has 6 heteroatoms. The number of allylic oxidation sites excluding steroid dienone is 1. The SMILES string of the molecule is COc1ccc(CN/C(C=O)=C\C(N)=NCc2ccc(F)cc2)cc1. The minimum Gasteiger partial charge on any atom is -0.497 e. The van der Waals surface area contributed by atoms with E-state index in [1.165, 1.54) is 18.2 Å². The van der Waals surface area contributed by atoms with Crippen LogP contribution >= 0.6 is 0 Å². The summed E-state index contributed by atoms with van der Waals surface area (Å²) in [6.45, 7) is 0.785. The lowest BCUT2D eigenvalue weighted by Crippen LogP contribution is -2.18. The molecule has 0 spiro atoms. The fraction of sp³-hybridized carbons (Fsp3) is 0.158. The van der Waals surface area contributed by atoms with E-state index in [0.717, 1.165) is 16.9 Å². The van der Waals surface area contributed by atoms with Crippen molar-refractivity contribution in [3.05, 3.63) is 77.2 Å². The largest absolute Gasteiger partial charge is 0.497 e. The highest BCUT2D eigenvalue weighted by Gasteiger charge is 1.99. The molecule has 0 radical (unpaired) electrons. The molecule has 5 nitrogen and oxygen atoms in total. The quantitative estimate of drug-likeness (QED) is 0.335. The molecule has 130 valence electrons. The van der Waals surface area contributed by atoms with E-state index < -0.39 is 0 Å². The summed E-state index contributed by atoms with van der Waals surface area (Å²) in [4.78, 5) is 15.3. The highest BCUT2D eigenvalue weighted by Crippen LogP contribution is 2.11. The molecule has 0 amide bonds. The zero-order valence-electron chi connectivity index (χ0n) is 13.9. The number of nitrogens with one attached hydrogen (secondary N) is 1. The lowest BCUT2D eigenvalue weighted by molar-refractivity contribution is -0.105. The van der Waals surface area contributed by atoms with Crippen molar-refractivity contribution in [2.45, 2.75) is 13.1 Å². The molecular weight excluding hydrogens is 321 g/mol. The highest BCUT2D eigenvalue weighted by molar-refractivity contribution is 5.96. The minimum absolute atomic E-state index is 0.216. The number of aliphatic imine (C=N–C) groups is 1. The van der Waals surface area contributed by atoms with Gasteiger partial charge >= 0.3 is 0 Å². The maximum absolute atomic E-state index is 12.8.